The molecule has 0 saturated carbocycles. The molecule has 0 radical (unpaired) electrons. The Labute approximate surface area is 200 Å². The highest BCUT2D eigenvalue weighted by Gasteiger charge is 2.21. The number of benzene rings is 2. The highest BCUT2D eigenvalue weighted by molar-refractivity contribution is 5.98. The summed E-state index contributed by atoms with van der Waals surface area (Å²) >= 11 is 0. The van der Waals surface area contributed by atoms with E-state index in [2.05, 4.69) is 17.2 Å². The smallest absolute Gasteiger partial charge is 0.261 e. The first-order valence-corrected chi connectivity index (χ1v) is 11.6. The molecule has 1 amide bonds. The molecule has 7 heteroatoms. The van der Waals surface area contributed by atoms with Gasteiger partial charge in [0, 0.05) is 10.9 Å². The van der Waals surface area contributed by atoms with Crippen molar-refractivity contribution in [3.05, 3.63) is 70.0 Å². The molecule has 0 aliphatic heterocycles. The summed E-state index contributed by atoms with van der Waals surface area (Å²) in [7, 11) is 1.55. The lowest BCUT2D eigenvalue weighted by Crippen LogP contribution is -2.42. The SMILES string of the molecule is CCCC(COCc1ccccc1)Oc1c(OC)ccc2cc(C(=O)NC(C)(C)C)c(=O)[nH]c12. The fraction of sp³-hybridized carbons (Fsp3) is 0.407. The molecule has 0 aliphatic rings. The summed E-state index contributed by atoms with van der Waals surface area (Å²) in [6.45, 7) is 8.55. The molecule has 1 unspecified atom stereocenters. The molecular weight excluding hydrogens is 432 g/mol. The second-order valence-corrected chi connectivity index (χ2v) is 9.31. The second kappa shape index (κ2) is 11.2. The molecule has 1 atom stereocenters. The average Bonchev–Trinajstić information content (AvgIpc) is 2.78. The van der Waals surface area contributed by atoms with Gasteiger partial charge in [-0.3, -0.25) is 9.59 Å². The van der Waals surface area contributed by atoms with Crippen molar-refractivity contribution in [2.24, 2.45) is 0 Å². The van der Waals surface area contributed by atoms with Gasteiger partial charge in [0.05, 0.1) is 25.8 Å². The number of fused-ring (bicyclic) bond motifs is 1. The van der Waals surface area contributed by atoms with Crippen LogP contribution in [0.1, 0.15) is 56.5 Å². The molecule has 0 bridgehead atoms. The molecule has 182 valence electrons. The second-order valence-electron chi connectivity index (χ2n) is 9.31. The van der Waals surface area contributed by atoms with Gasteiger partial charge in [0.1, 0.15) is 11.7 Å². The van der Waals surface area contributed by atoms with Crippen molar-refractivity contribution in [2.45, 2.75) is 58.8 Å². The highest BCUT2D eigenvalue weighted by atomic mass is 16.5. The number of aromatic nitrogens is 1. The van der Waals surface area contributed by atoms with E-state index in [9.17, 15) is 9.59 Å². The van der Waals surface area contributed by atoms with Crippen molar-refractivity contribution >= 4 is 16.8 Å². The average molecular weight is 467 g/mol. The Hall–Kier alpha value is -3.32. The third-order valence-corrected chi connectivity index (χ3v) is 5.20. The van der Waals surface area contributed by atoms with Gasteiger partial charge in [0.15, 0.2) is 11.5 Å². The molecule has 2 N–H and O–H groups in total. The maximum atomic E-state index is 12.8. The van der Waals surface area contributed by atoms with E-state index in [4.69, 9.17) is 14.2 Å². The van der Waals surface area contributed by atoms with Gasteiger partial charge in [-0.25, -0.2) is 0 Å². The van der Waals surface area contributed by atoms with Crippen molar-refractivity contribution in [2.75, 3.05) is 13.7 Å². The first-order chi connectivity index (χ1) is 16.2. The first kappa shape index (κ1) is 25.3. The molecule has 3 rings (SSSR count). The fourth-order valence-corrected chi connectivity index (χ4v) is 3.63. The number of H-pyrrole nitrogens is 1. The van der Waals surface area contributed by atoms with Crippen LogP contribution in [-0.2, 0) is 11.3 Å². The van der Waals surface area contributed by atoms with E-state index in [1.807, 2.05) is 51.1 Å². The highest BCUT2D eigenvalue weighted by Crippen LogP contribution is 2.35. The molecule has 3 aromatic rings. The predicted octanol–water partition coefficient (Wildman–Crippen LogP) is 4.83. The van der Waals surface area contributed by atoms with Gasteiger partial charge in [-0.15, -0.1) is 0 Å². The third-order valence-electron chi connectivity index (χ3n) is 5.20. The van der Waals surface area contributed by atoms with Crippen molar-refractivity contribution < 1.29 is 19.0 Å². The predicted molar refractivity (Wildman–Crippen MR) is 134 cm³/mol. The van der Waals surface area contributed by atoms with Crippen LogP contribution in [0.3, 0.4) is 0 Å². The number of carbonyl (C=O) groups excluding carboxylic acids is 1. The van der Waals surface area contributed by atoms with Crippen molar-refractivity contribution in [1.82, 2.24) is 10.3 Å². The molecule has 1 heterocycles. The number of aromatic amines is 1. The van der Waals surface area contributed by atoms with Crippen LogP contribution in [0.4, 0.5) is 0 Å². The van der Waals surface area contributed by atoms with Crippen molar-refractivity contribution in [3.8, 4) is 11.5 Å². The Morgan fingerprint density at radius 2 is 1.85 bits per heavy atom. The van der Waals surface area contributed by atoms with Gasteiger partial charge in [-0.1, -0.05) is 43.7 Å². The lowest BCUT2D eigenvalue weighted by Gasteiger charge is -2.22. The number of methoxy groups -OCH3 is 1. The summed E-state index contributed by atoms with van der Waals surface area (Å²) in [4.78, 5) is 28.3. The van der Waals surface area contributed by atoms with Crippen LogP contribution in [0.2, 0.25) is 0 Å². The number of hydrogen-bond acceptors (Lipinski definition) is 5. The van der Waals surface area contributed by atoms with Gasteiger partial charge in [0.25, 0.3) is 11.5 Å². The van der Waals surface area contributed by atoms with E-state index in [-0.39, 0.29) is 11.7 Å². The number of pyridine rings is 1. The van der Waals surface area contributed by atoms with Crippen LogP contribution in [0.15, 0.2) is 53.3 Å². The Balaban J connectivity index is 1.88. The van der Waals surface area contributed by atoms with Crippen molar-refractivity contribution in [3.63, 3.8) is 0 Å². The van der Waals surface area contributed by atoms with Gasteiger partial charge >= 0.3 is 0 Å². The van der Waals surface area contributed by atoms with Crippen LogP contribution in [0.5, 0.6) is 11.5 Å². The van der Waals surface area contributed by atoms with Gasteiger partial charge in [-0.05, 0) is 51.0 Å². The van der Waals surface area contributed by atoms with E-state index in [1.54, 1.807) is 25.3 Å². The molecule has 1 aromatic heterocycles. The zero-order valence-corrected chi connectivity index (χ0v) is 20.6. The van der Waals surface area contributed by atoms with Gasteiger partial charge in [0.2, 0.25) is 0 Å². The minimum atomic E-state index is -0.486. The van der Waals surface area contributed by atoms with E-state index in [0.717, 1.165) is 18.4 Å². The van der Waals surface area contributed by atoms with Crippen molar-refractivity contribution in [1.29, 1.82) is 0 Å². The zero-order valence-electron chi connectivity index (χ0n) is 20.6. The minimum absolute atomic E-state index is 0.0508. The van der Waals surface area contributed by atoms with E-state index < -0.39 is 17.0 Å². The lowest BCUT2D eigenvalue weighted by molar-refractivity contribution is 0.0364. The Morgan fingerprint density at radius 3 is 2.50 bits per heavy atom. The third kappa shape index (κ3) is 6.60. The van der Waals surface area contributed by atoms with Crippen LogP contribution in [-0.4, -0.2) is 36.3 Å². The first-order valence-electron chi connectivity index (χ1n) is 11.6. The van der Waals surface area contributed by atoms with E-state index >= 15 is 0 Å². The summed E-state index contributed by atoms with van der Waals surface area (Å²) in [6, 6.07) is 15.1. The Morgan fingerprint density at radius 1 is 1.12 bits per heavy atom. The molecule has 0 fully saturated rings. The van der Waals surface area contributed by atoms with Crippen LogP contribution >= 0.6 is 0 Å². The summed E-state index contributed by atoms with van der Waals surface area (Å²) in [6.07, 6.45) is 1.44. The summed E-state index contributed by atoms with van der Waals surface area (Å²) in [5, 5.41) is 3.51. The van der Waals surface area contributed by atoms with E-state index in [1.165, 1.54) is 0 Å². The topological polar surface area (TPSA) is 89.7 Å². The maximum absolute atomic E-state index is 12.8. The molecule has 2 aromatic carbocycles. The van der Waals surface area contributed by atoms with Gasteiger partial charge < -0.3 is 24.5 Å². The molecule has 0 spiro atoms. The minimum Gasteiger partial charge on any atom is -0.493 e. The number of rotatable bonds is 10. The molecule has 0 saturated heterocycles. The monoisotopic (exact) mass is 466 g/mol. The molecule has 7 nitrogen and oxygen atoms in total. The molecular formula is C27H34N2O5. The van der Waals surface area contributed by atoms with E-state index in [0.29, 0.717) is 35.6 Å². The molecule has 34 heavy (non-hydrogen) atoms. The van der Waals surface area contributed by atoms with Crippen LogP contribution < -0.4 is 20.3 Å². The maximum Gasteiger partial charge on any atom is 0.261 e. The Bertz CT molecular complexity index is 1170. The summed E-state index contributed by atoms with van der Waals surface area (Å²) in [5.74, 6) is 0.507. The van der Waals surface area contributed by atoms with Crippen LogP contribution in [0, 0.1) is 0 Å². The van der Waals surface area contributed by atoms with Gasteiger partial charge in [-0.2, -0.15) is 0 Å². The van der Waals surface area contributed by atoms with Crippen LogP contribution in [0.25, 0.3) is 10.9 Å². The largest absolute Gasteiger partial charge is 0.493 e. The lowest BCUT2D eigenvalue weighted by atomic mass is 10.1. The summed E-state index contributed by atoms with van der Waals surface area (Å²) in [5.41, 5.74) is 0.682. The fourth-order valence-electron chi connectivity index (χ4n) is 3.63. The Kier molecular flexibility index (Phi) is 8.34. The number of ether oxygens (including phenoxy) is 3. The number of carbonyl (C=O) groups is 1. The summed E-state index contributed by atoms with van der Waals surface area (Å²) < 4.78 is 17.8. The standard InChI is InChI=1S/C27H34N2O5/c1-6-10-20(17-33-16-18-11-8-7-9-12-18)34-24-22(32-5)14-13-19-15-21(25(30)28-23(19)24)26(31)29-27(2,3)4/h7-9,11-15,20H,6,10,16-17H2,1-5H3,(H,28,30)(H,29,31). The molecule has 0 aliphatic carbocycles. The number of amides is 1. The number of nitrogens with one attached hydrogen (secondary N) is 2. The zero-order chi connectivity index (χ0) is 24.7. The normalized spacial score (nSPS) is 12.4. The number of hydrogen-bond donors (Lipinski definition) is 2. The quantitative estimate of drug-likeness (QED) is 0.447.